The summed E-state index contributed by atoms with van der Waals surface area (Å²) in [5.74, 6) is -8.63. The van der Waals surface area contributed by atoms with Crippen LogP contribution >= 0.6 is 7.37 Å². The summed E-state index contributed by atoms with van der Waals surface area (Å²) >= 11 is 0. The number of unbranched alkanes of at least 4 members (excludes halogenated alkanes) is 2. The molecule has 0 aliphatic heterocycles. The zero-order chi connectivity index (χ0) is 32.4. The molecule has 3 rings (SSSR count). The molecule has 44 heavy (non-hydrogen) atoms. The van der Waals surface area contributed by atoms with Crippen LogP contribution in [0.25, 0.3) is 0 Å². The first-order valence-electron chi connectivity index (χ1n) is 14.7. The minimum absolute atomic E-state index is 0.114. The first-order valence-corrected chi connectivity index (χ1v) is 16.4. The van der Waals surface area contributed by atoms with Crippen molar-refractivity contribution in [3.8, 4) is 0 Å². The van der Waals surface area contributed by atoms with E-state index in [2.05, 4.69) is 0 Å². The second-order valence-electron chi connectivity index (χ2n) is 10.9. The van der Waals surface area contributed by atoms with Crippen LogP contribution in [-0.2, 0) is 28.3 Å². The molecule has 1 aliphatic carbocycles. The van der Waals surface area contributed by atoms with Gasteiger partial charge >= 0.3 is 23.9 Å². The number of rotatable bonds is 15. The predicted octanol–water partition coefficient (Wildman–Crippen LogP) is 5.64. The number of hydrogen-bond donors (Lipinski definition) is 4. The largest absolute Gasteiger partial charge is 0.478 e. The Bertz CT molecular complexity index is 1420. The van der Waals surface area contributed by atoms with Crippen LogP contribution in [0.2, 0.25) is 0 Å². The fourth-order valence-corrected chi connectivity index (χ4v) is 8.12. The minimum atomic E-state index is -3.96. The van der Waals surface area contributed by atoms with E-state index < -0.39 is 84.3 Å². The molecule has 10 nitrogen and oxygen atoms in total. The summed E-state index contributed by atoms with van der Waals surface area (Å²) in [7, 11) is -3.96. The van der Waals surface area contributed by atoms with Crippen molar-refractivity contribution >= 4 is 41.9 Å². The molecule has 3 unspecified atom stereocenters. The molecule has 0 spiro atoms. The number of aliphatic carboxylic acids is 4. The SMILES string of the molecule is CCCCC1CC(C(=O)O)=C(C(=O)O)C(C(CCCC)OP(=O)(c2ccccc2)c2ccccc2)CC(C(=O)O)=C1C(=O)O. The molecule has 0 saturated heterocycles. The van der Waals surface area contributed by atoms with Crippen molar-refractivity contribution < 1.29 is 48.7 Å². The van der Waals surface area contributed by atoms with E-state index in [0.717, 1.165) is 0 Å². The molecule has 3 atom stereocenters. The first-order chi connectivity index (χ1) is 21.0. The van der Waals surface area contributed by atoms with Gasteiger partial charge in [0, 0.05) is 27.7 Å². The smallest absolute Gasteiger partial charge is 0.332 e. The summed E-state index contributed by atoms with van der Waals surface area (Å²) in [6.45, 7) is 3.73. The van der Waals surface area contributed by atoms with Crippen LogP contribution in [0.5, 0.6) is 0 Å². The van der Waals surface area contributed by atoms with Crippen LogP contribution in [0.3, 0.4) is 0 Å². The lowest BCUT2D eigenvalue weighted by molar-refractivity contribution is -0.138. The third-order valence-corrected chi connectivity index (χ3v) is 10.5. The van der Waals surface area contributed by atoms with Gasteiger partial charge in [0.25, 0.3) is 7.37 Å². The van der Waals surface area contributed by atoms with E-state index >= 15 is 0 Å². The van der Waals surface area contributed by atoms with Crippen molar-refractivity contribution in [2.24, 2.45) is 11.8 Å². The van der Waals surface area contributed by atoms with Gasteiger partial charge in [0.1, 0.15) is 0 Å². The Morgan fingerprint density at radius 1 is 0.727 bits per heavy atom. The first kappa shape index (κ1) is 34.5. The predicted molar refractivity (Wildman–Crippen MR) is 164 cm³/mol. The molecular formula is C33H39O10P. The monoisotopic (exact) mass is 626 g/mol. The van der Waals surface area contributed by atoms with Gasteiger partial charge in [0.05, 0.1) is 17.3 Å². The standard InChI is InChI=1S/C33H39O10P/c1-3-5-13-21-19-25(30(34)35)29(33(40)41)24(20-26(31(36)37)28(21)32(38)39)27(18-6-4-2)43-44(42,22-14-9-7-10-15-22)23-16-11-8-12-17-23/h7-12,14-17,21,24,27H,3-6,13,18-20H2,1-2H3,(H,34,35)(H,36,37)(H,38,39)(H,40,41). The van der Waals surface area contributed by atoms with Gasteiger partial charge in [-0.2, -0.15) is 0 Å². The Kier molecular flexibility index (Phi) is 12.3. The van der Waals surface area contributed by atoms with Gasteiger partial charge in [0.15, 0.2) is 0 Å². The maximum Gasteiger partial charge on any atom is 0.332 e. The van der Waals surface area contributed by atoms with Crippen LogP contribution in [0.4, 0.5) is 0 Å². The second kappa shape index (κ2) is 15.6. The van der Waals surface area contributed by atoms with Crippen molar-refractivity contribution in [3.63, 3.8) is 0 Å². The third kappa shape index (κ3) is 7.92. The average molecular weight is 627 g/mol. The fourth-order valence-electron chi connectivity index (χ4n) is 5.81. The number of carboxylic acids is 4. The van der Waals surface area contributed by atoms with Gasteiger partial charge in [-0.1, -0.05) is 75.9 Å². The Balaban J connectivity index is 2.35. The van der Waals surface area contributed by atoms with Gasteiger partial charge in [-0.15, -0.1) is 0 Å². The highest BCUT2D eigenvalue weighted by Crippen LogP contribution is 2.50. The van der Waals surface area contributed by atoms with Crippen LogP contribution in [0.15, 0.2) is 83.0 Å². The molecule has 0 bridgehead atoms. The van der Waals surface area contributed by atoms with Crippen LogP contribution < -0.4 is 10.6 Å². The van der Waals surface area contributed by atoms with E-state index in [1.807, 2.05) is 13.8 Å². The summed E-state index contributed by atoms with van der Waals surface area (Å²) in [6.07, 6.45) is 0.110. The lowest BCUT2D eigenvalue weighted by Gasteiger charge is -2.35. The van der Waals surface area contributed by atoms with Gasteiger partial charge in [-0.25, -0.2) is 19.2 Å². The molecule has 0 saturated carbocycles. The van der Waals surface area contributed by atoms with Crippen LogP contribution in [0, 0.1) is 11.8 Å². The maximum atomic E-state index is 14.9. The summed E-state index contributed by atoms with van der Waals surface area (Å²) in [6, 6.07) is 16.6. The van der Waals surface area contributed by atoms with Crippen molar-refractivity contribution in [1.29, 1.82) is 0 Å². The lowest BCUT2D eigenvalue weighted by Crippen LogP contribution is -2.36. The summed E-state index contributed by atoms with van der Waals surface area (Å²) in [5, 5.41) is 41.9. The number of carbonyl (C=O) groups is 4. The van der Waals surface area contributed by atoms with Crippen molar-refractivity contribution in [3.05, 3.63) is 83.0 Å². The molecule has 2 aromatic carbocycles. The second-order valence-corrected chi connectivity index (χ2v) is 13.2. The normalized spacial score (nSPS) is 18.3. The highest BCUT2D eigenvalue weighted by molar-refractivity contribution is 7.74. The van der Waals surface area contributed by atoms with Crippen molar-refractivity contribution in [2.75, 3.05) is 0 Å². The minimum Gasteiger partial charge on any atom is -0.478 e. The van der Waals surface area contributed by atoms with E-state index in [1.165, 1.54) is 0 Å². The molecule has 0 amide bonds. The fraction of sp³-hybridized carbons (Fsp3) is 0.394. The van der Waals surface area contributed by atoms with Crippen LogP contribution in [-0.4, -0.2) is 50.4 Å². The molecule has 0 heterocycles. The average Bonchev–Trinajstić information content (AvgIpc) is 2.99. The van der Waals surface area contributed by atoms with E-state index in [0.29, 0.717) is 36.3 Å². The molecular weight excluding hydrogens is 587 g/mol. The van der Waals surface area contributed by atoms with Gasteiger partial charge < -0.3 is 24.9 Å². The Hall–Kier alpha value is -4.01. The molecule has 236 valence electrons. The zero-order valence-electron chi connectivity index (χ0n) is 24.8. The Morgan fingerprint density at radius 3 is 1.64 bits per heavy atom. The van der Waals surface area contributed by atoms with E-state index in [-0.39, 0.29) is 12.8 Å². The Morgan fingerprint density at radius 2 is 1.20 bits per heavy atom. The van der Waals surface area contributed by atoms with E-state index in [4.69, 9.17) is 4.52 Å². The molecule has 0 aromatic heterocycles. The quantitative estimate of drug-likeness (QED) is 0.181. The molecule has 4 N–H and O–H groups in total. The van der Waals surface area contributed by atoms with Crippen molar-refractivity contribution in [1.82, 2.24) is 0 Å². The highest BCUT2D eigenvalue weighted by atomic mass is 31.2. The lowest BCUT2D eigenvalue weighted by atomic mass is 9.74. The molecule has 11 heteroatoms. The molecule has 0 fully saturated rings. The van der Waals surface area contributed by atoms with Gasteiger partial charge in [-0.05, 0) is 55.9 Å². The van der Waals surface area contributed by atoms with Crippen LogP contribution in [0.1, 0.15) is 65.2 Å². The van der Waals surface area contributed by atoms with Crippen molar-refractivity contribution in [2.45, 2.75) is 71.3 Å². The molecule has 0 radical (unpaired) electrons. The topological polar surface area (TPSA) is 175 Å². The number of carboxylic acid groups (broad SMARTS) is 4. The molecule has 2 aromatic rings. The van der Waals surface area contributed by atoms with E-state index in [9.17, 15) is 44.2 Å². The summed E-state index contributed by atoms with van der Waals surface area (Å²) in [5.41, 5.74) is -2.02. The molecule has 1 aliphatic rings. The number of benzene rings is 2. The summed E-state index contributed by atoms with van der Waals surface area (Å²) < 4.78 is 21.4. The maximum absolute atomic E-state index is 14.9. The van der Waals surface area contributed by atoms with E-state index in [1.54, 1.807) is 60.7 Å². The summed E-state index contributed by atoms with van der Waals surface area (Å²) in [4.78, 5) is 50.8. The highest BCUT2D eigenvalue weighted by Gasteiger charge is 2.44. The number of hydrogen-bond acceptors (Lipinski definition) is 6. The third-order valence-electron chi connectivity index (χ3n) is 7.95. The van der Waals surface area contributed by atoms with Gasteiger partial charge in [0.2, 0.25) is 0 Å². The zero-order valence-corrected chi connectivity index (χ0v) is 25.7. The van der Waals surface area contributed by atoms with Gasteiger partial charge in [-0.3, -0.25) is 4.57 Å². The Labute approximate surface area is 256 Å².